The second kappa shape index (κ2) is 5.29. The van der Waals surface area contributed by atoms with Crippen LogP contribution in [0.5, 0.6) is 5.75 Å². The maximum absolute atomic E-state index is 12.0. The zero-order valence-corrected chi connectivity index (χ0v) is 19.9. The van der Waals surface area contributed by atoms with E-state index in [1.54, 1.807) is 5.56 Å². The Balaban J connectivity index is 1.64. The molecule has 0 unspecified atom stereocenters. The Kier molecular flexibility index (Phi) is 3.46. The Morgan fingerprint density at radius 2 is 1.87 bits per heavy atom. The number of aryl methyl sites for hydroxylation is 1. The number of benzene rings is 1. The number of rotatable bonds is 1. The summed E-state index contributed by atoms with van der Waals surface area (Å²) < 4.78 is 7.08. The second-order valence-corrected chi connectivity index (χ2v) is 13.0. The van der Waals surface area contributed by atoms with Crippen molar-refractivity contribution < 1.29 is 9.84 Å². The second-order valence-electron chi connectivity index (χ2n) is 13.0. The molecule has 1 N–H and O–H groups in total. The van der Waals surface area contributed by atoms with E-state index < -0.39 is 5.60 Å². The van der Waals surface area contributed by atoms with Crippen LogP contribution in [0, 0.1) is 29.1 Å². The van der Waals surface area contributed by atoms with Crippen LogP contribution in [0.1, 0.15) is 77.0 Å². The maximum atomic E-state index is 12.0. The summed E-state index contributed by atoms with van der Waals surface area (Å²) in [6.45, 7) is 14.6. The van der Waals surface area contributed by atoms with Gasteiger partial charge >= 0.3 is 0 Å². The molecule has 0 amide bonds. The Labute approximate surface area is 182 Å². The Morgan fingerprint density at radius 3 is 2.57 bits per heavy atom. The normalized spacial score (nSPS) is 45.7. The minimum Gasteiger partial charge on any atom is -0.488 e. The van der Waals surface area contributed by atoms with Gasteiger partial charge in [-0.05, 0) is 82.0 Å². The van der Waals surface area contributed by atoms with Crippen LogP contribution in [0.3, 0.4) is 0 Å². The first kappa shape index (κ1) is 19.6. The van der Waals surface area contributed by atoms with Gasteiger partial charge in [0.15, 0.2) is 0 Å². The van der Waals surface area contributed by atoms with E-state index in [0.29, 0.717) is 6.04 Å². The molecular formula is C27H39NO2. The number of likely N-dealkylation sites (tertiary alicyclic amines) is 1. The molecule has 1 saturated heterocycles. The third-order valence-electron chi connectivity index (χ3n) is 11.2. The van der Waals surface area contributed by atoms with Crippen LogP contribution in [0.2, 0.25) is 0 Å². The molecule has 1 aromatic carbocycles. The molecule has 4 aliphatic carbocycles. The third-order valence-corrected chi connectivity index (χ3v) is 11.2. The Hall–Kier alpha value is -1.06. The van der Waals surface area contributed by atoms with E-state index in [2.05, 4.69) is 65.6 Å². The minimum atomic E-state index is -0.725. The van der Waals surface area contributed by atoms with Gasteiger partial charge in [-0.1, -0.05) is 39.8 Å². The summed E-state index contributed by atoms with van der Waals surface area (Å²) >= 11 is 0. The average Bonchev–Trinajstić information content (AvgIpc) is 3.03. The van der Waals surface area contributed by atoms with Gasteiger partial charge in [0.1, 0.15) is 11.9 Å². The van der Waals surface area contributed by atoms with E-state index in [9.17, 15) is 5.11 Å². The van der Waals surface area contributed by atoms with Crippen molar-refractivity contribution in [2.45, 2.75) is 96.8 Å². The summed E-state index contributed by atoms with van der Waals surface area (Å²) in [5.41, 5.74) is 3.88. The predicted molar refractivity (Wildman–Crippen MR) is 120 cm³/mol. The smallest absolute Gasteiger partial charge is 0.126 e. The van der Waals surface area contributed by atoms with Gasteiger partial charge in [0.05, 0.1) is 5.60 Å². The predicted octanol–water partition coefficient (Wildman–Crippen LogP) is 4.86. The minimum absolute atomic E-state index is 0.000931. The largest absolute Gasteiger partial charge is 0.488 e. The Bertz CT molecular complexity index is 945. The van der Waals surface area contributed by atoms with Crippen molar-refractivity contribution in [3.8, 4) is 5.75 Å². The van der Waals surface area contributed by atoms with Crippen LogP contribution in [0.25, 0.3) is 0 Å². The first-order valence-electron chi connectivity index (χ1n) is 12.1. The molecule has 1 aromatic rings. The number of likely N-dealkylation sites (N-methyl/N-ethyl adjacent to an activating group) is 1. The fourth-order valence-corrected chi connectivity index (χ4v) is 9.14. The molecule has 0 aromatic heterocycles. The SMILES string of the molecule is Cc1ccc2c3c1O[C@H]1[C@@]4(C)CC[C@@]5(C[C@@H]4[C@](C)(O)C(C)(C)C)[C@@H](C2)N(C)CC[C@]315. The van der Waals surface area contributed by atoms with Crippen molar-refractivity contribution in [2.75, 3.05) is 13.6 Å². The van der Waals surface area contributed by atoms with Crippen LogP contribution in [0.4, 0.5) is 0 Å². The van der Waals surface area contributed by atoms with E-state index >= 15 is 0 Å². The van der Waals surface area contributed by atoms with Crippen LogP contribution >= 0.6 is 0 Å². The number of hydrogen-bond acceptors (Lipinski definition) is 3. The summed E-state index contributed by atoms with van der Waals surface area (Å²) in [5.74, 6) is 1.45. The van der Waals surface area contributed by atoms with Crippen LogP contribution in [0.15, 0.2) is 12.1 Å². The molecule has 0 radical (unpaired) electrons. The average molecular weight is 410 g/mol. The molecule has 3 nitrogen and oxygen atoms in total. The molecule has 2 heterocycles. The highest BCUT2D eigenvalue weighted by Crippen LogP contribution is 2.79. The van der Waals surface area contributed by atoms with Gasteiger partial charge < -0.3 is 14.7 Å². The number of hydrogen-bond donors (Lipinski definition) is 1. The lowest BCUT2D eigenvalue weighted by atomic mass is 9.31. The first-order valence-corrected chi connectivity index (χ1v) is 12.1. The molecule has 4 bridgehead atoms. The number of fused-ring (bicyclic) bond motifs is 2. The standard InChI is InChI=1S/C27H39NO2/c1-16-8-9-17-14-19-26-11-10-24(5,18(15-26)25(6,29)23(2,3)4)22-27(26,12-13-28(19)7)20(17)21(16)30-22/h8-9,18-19,22,29H,10-15H2,1-7H3/t18-,19+,22-,24-,25-,26+,27-/m0/s1. The molecule has 3 saturated carbocycles. The molecule has 30 heavy (non-hydrogen) atoms. The zero-order chi connectivity index (χ0) is 21.5. The number of piperidine rings is 1. The molecule has 2 aliphatic heterocycles. The lowest BCUT2D eigenvalue weighted by Gasteiger charge is -2.75. The van der Waals surface area contributed by atoms with E-state index in [0.717, 1.165) is 19.4 Å². The number of ether oxygens (including phenoxy) is 1. The highest BCUT2D eigenvalue weighted by atomic mass is 16.5. The fourth-order valence-electron chi connectivity index (χ4n) is 9.14. The quantitative estimate of drug-likeness (QED) is 0.719. The van der Waals surface area contributed by atoms with Gasteiger partial charge in [-0.25, -0.2) is 0 Å². The highest BCUT2D eigenvalue weighted by Gasteiger charge is 2.80. The van der Waals surface area contributed by atoms with Crippen LogP contribution in [-0.4, -0.2) is 41.3 Å². The lowest BCUT2D eigenvalue weighted by Crippen LogP contribution is -2.79. The van der Waals surface area contributed by atoms with Gasteiger partial charge in [-0.15, -0.1) is 0 Å². The van der Waals surface area contributed by atoms with Gasteiger partial charge in [-0.2, -0.15) is 0 Å². The molecule has 3 heteroatoms. The summed E-state index contributed by atoms with van der Waals surface area (Å²) in [4.78, 5) is 2.65. The van der Waals surface area contributed by atoms with Gasteiger partial charge in [0, 0.05) is 27.9 Å². The molecule has 4 fully saturated rings. The van der Waals surface area contributed by atoms with E-state index in [-0.39, 0.29) is 33.7 Å². The van der Waals surface area contributed by atoms with Crippen molar-refractivity contribution in [2.24, 2.45) is 22.2 Å². The molecule has 164 valence electrons. The van der Waals surface area contributed by atoms with Crippen molar-refractivity contribution in [3.63, 3.8) is 0 Å². The monoisotopic (exact) mass is 409 g/mol. The Morgan fingerprint density at radius 1 is 1.13 bits per heavy atom. The van der Waals surface area contributed by atoms with Gasteiger partial charge in [0.2, 0.25) is 0 Å². The van der Waals surface area contributed by atoms with E-state index in [1.807, 2.05) is 0 Å². The first-order chi connectivity index (χ1) is 13.9. The lowest BCUT2D eigenvalue weighted by molar-refractivity contribution is -0.274. The van der Waals surface area contributed by atoms with Gasteiger partial charge in [-0.3, -0.25) is 0 Å². The third kappa shape index (κ3) is 1.81. The summed E-state index contributed by atoms with van der Waals surface area (Å²) in [5, 5.41) is 12.0. The summed E-state index contributed by atoms with van der Waals surface area (Å²) in [6, 6.07) is 5.23. The summed E-state index contributed by atoms with van der Waals surface area (Å²) in [6.07, 6.45) is 6.12. The number of nitrogens with zero attached hydrogens (tertiary/aromatic N) is 1. The fraction of sp³-hybridized carbons (Fsp3) is 0.778. The molecule has 7 atom stereocenters. The van der Waals surface area contributed by atoms with Crippen molar-refractivity contribution in [1.29, 1.82) is 0 Å². The van der Waals surface area contributed by atoms with Crippen LogP contribution < -0.4 is 4.74 Å². The molecule has 2 spiro atoms. The number of aliphatic hydroxyl groups is 1. The van der Waals surface area contributed by atoms with E-state index in [4.69, 9.17) is 4.74 Å². The van der Waals surface area contributed by atoms with Gasteiger partial charge in [0.25, 0.3) is 0 Å². The maximum Gasteiger partial charge on any atom is 0.126 e. The molecule has 6 aliphatic rings. The van der Waals surface area contributed by atoms with Crippen molar-refractivity contribution in [3.05, 3.63) is 28.8 Å². The van der Waals surface area contributed by atoms with Crippen LogP contribution in [-0.2, 0) is 11.8 Å². The topological polar surface area (TPSA) is 32.7 Å². The molecule has 7 rings (SSSR count). The zero-order valence-electron chi connectivity index (χ0n) is 19.9. The van der Waals surface area contributed by atoms with Crippen molar-refractivity contribution >= 4 is 0 Å². The van der Waals surface area contributed by atoms with Crippen molar-refractivity contribution in [1.82, 2.24) is 4.90 Å². The highest BCUT2D eigenvalue weighted by molar-refractivity contribution is 5.60. The molecular weight excluding hydrogens is 370 g/mol. The summed E-state index contributed by atoms with van der Waals surface area (Å²) in [7, 11) is 2.34. The van der Waals surface area contributed by atoms with E-state index in [1.165, 1.54) is 36.1 Å².